The Labute approximate surface area is 177 Å². The zero-order valence-electron chi connectivity index (χ0n) is 14.9. The summed E-state index contributed by atoms with van der Waals surface area (Å²) in [5.74, 6) is -1.21. The van der Waals surface area contributed by atoms with Gasteiger partial charge < -0.3 is 5.11 Å². The highest BCUT2D eigenvalue weighted by Crippen LogP contribution is 2.29. The van der Waals surface area contributed by atoms with Gasteiger partial charge in [-0.3, -0.25) is 0 Å². The number of hydrogen-bond acceptors (Lipinski definition) is 4. The number of aromatic carboxylic acids is 1. The minimum absolute atomic E-state index is 0.0739. The highest BCUT2D eigenvalue weighted by atomic mass is 35.5. The molecular formula is C19H15Cl2N3O4S. The second-order valence-corrected chi connectivity index (χ2v) is 9.32. The third-order valence-electron chi connectivity index (χ3n) is 4.75. The second-order valence-electron chi connectivity index (χ2n) is 6.51. The van der Waals surface area contributed by atoms with Crippen molar-refractivity contribution in [3.05, 3.63) is 75.5 Å². The number of hydrogen-bond donors (Lipinski definition) is 1. The van der Waals surface area contributed by atoms with Gasteiger partial charge in [-0.25, -0.2) is 17.9 Å². The molecule has 1 N–H and O–H groups in total. The Hall–Kier alpha value is -2.39. The highest BCUT2D eigenvalue weighted by Gasteiger charge is 2.34. The van der Waals surface area contributed by atoms with Gasteiger partial charge in [0.15, 0.2) is 5.69 Å². The number of carboxylic acids is 1. The van der Waals surface area contributed by atoms with Crippen molar-refractivity contribution >= 4 is 39.2 Å². The summed E-state index contributed by atoms with van der Waals surface area (Å²) in [6.45, 7) is 0.131. The van der Waals surface area contributed by atoms with Crippen LogP contribution >= 0.6 is 23.2 Å². The van der Waals surface area contributed by atoms with Crippen LogP contribution < -0.4 is 0 Å². The summed E-state index contributed by atoms with van der Waals surface area (Å²) < 4.78 is 28.8. The molecule has 150 valence electrons. The van der Waals surface area contributed by atoms with E-state index in [1.165, 1.54) is 28.6 Å². The van der Waals surface area contributed by atoms with E-state index in [0.717, 1.165) is 0 Å². The quantitative estimate of drug-likeness (QED) is 0.653. The number of carbonyl (C=O) groups is 1. The van der Waals surface area contributed by atoms with E-state index in [1.54, 1.807) is 28.9 Å². The van der Waals surface area contributed by atoms with Crippen molar-refractivity contribution in [2.24, 2.45) is 0 Å². The topological polar surface area (TPSA) is 92.5 Å². The number of halogens is 2. The molecule has 0 bridgehead atoms. The average Bonchev–Trinajstić information content (AvgIpc) is 3.08. The highest BCUT2D eigenvalue weighted by molar-refractivity contribution is 7.89. The minimum Gasteiger partial charge on any atom is -0.476 e. The molecule has 2 heterocycles. The fraction of sp³-hybridized carbons (Fsp3) is 0.158. The summed E-state index contributed by atoms with van der Waals surface area (Å²) in [6, 6.07) is 12.7. The molecule has 4 rings (SSSR count). The van der Waals surface area contributed by atoms with Gasteiger partial charge in [-0.15, -0.1) is 0 Å². The maximum atomic E-state index is 13.0. The van der Waals surface area contributed by atoms with Crippen molar-refractivity contribution < 1.29 is 18.3 Å². The van der Waals surface area contributed by atoms with Crippen molar-refractivity contribution in [2.75, 3.05) is 6.54 Å². The molecule has 7 nitrogen and oxygen atoms in total. The van der Waals surface area contributed by atoms with Crippen LogP contribution in [-0.2, 0) is 23.0 Å². The third kappa shape index (κ3) is 3.64. The first-order valence-electron chi connectivity index (χ1n) is 8.63. The van der Waals surface area contributed by atoms with Gasteiger partial charge in [-0.2, -0.15) is 9.40 Å². The summed E-state index contributed by atoms with van der Waals surface area (Å²) in [5.41, 5.74) is 1.56. The van der Waals surface area contributed by atoms with Gasteiger partial charge in [0, 0.05) is 35.1 Å². The lowest BCUT2D eigenvalue weighted by molar-refractivity contribution is 0.0688. The minimum atomic E-state index is -3.80. The maximum Gasteiger partial charge on any atom is 0.356 e. The van der Waals surface area contributed by atoms with Gasteiger partial charge in [0.2, 0.25) is 10.0 Å². The molecule has 0 saturated heterocycles. The first-order chi connectivity index (χ1) is 13.8. The molecule has 1 aliphatic heterocycles. The number of carboxylic acid groups (broad SMARTS) is 1. The summed E-state index contributed by atoms with van der Waals surface area (Å²) in [5, 5.41) is 14.8. The van der Waals surface area contributed by atoms with Crippen LogP contribution in [0.1, 0.15) is 21.7 Å². The van der Waals surface area contributed by atoms with Crippen LogP contribution in [0.2, 0.25) is 10.0 Å². The van der Waals surface area contributed by atoms with Crippen LogP contribution in [-0.4, -0.2) is 40.1 Å². The molecule has 1 aliphatic rings. The molecule has 0 fully saturated rings. The van der Waals surface area contributed by atoms with Gasteiger partial charge in [-0.05, 0) is 48.5 Å². The Morgan fingerprint density at radius 3 is 2.17 bits per heavy atom. The summed E-state index contributed by atoms with van der Waals surface area (Å²) in [6.07, 6.45) is 0.324. The number of nitrogens with zero attached hydrogens (tertiary/aromatic N) is 3. The normalized spacial score (nSPS) is 14.6. The summed E-state index contributed by atoms with van der Waals surface area (Å²) in [7, 11) is -3.80. The van der Waals surface area contributed by atoms with E-state index >= 15 is 0 Å². The third-order valence-corrected chi connectivity index (χ3v) is 7.11. The largest absolute Gasteiger partial charge is 0.476 e. The van der Waals surface area contributed by atoms with Gasteiger partial charge in [0.25, 0.3) is 0 Å². The van der Waals surface area contributed by atoms with Crippen LogP contribution in [0.15, 0.2) is 53.4 Å². The smallest absolute Gasteiger partial charge is 0.356 e. The molecule has 2 aromatic carbocycles. The molecule has 0 amide bonds. The van der Waals surface area contributed by atoms with Crippen molar-refractivity contribution in [3.63, 3.8) is 0 Å². The van der Waals surface area contributed by atoms with Crippen LogP contribution in [0.25, 0.3) is 5.69 Å². The Bertz CT molecular complexity index is 1190. The SMILES string of the molecule is O=C(O)c1nn(-c2ccc(Cl)cc2)c2c1CN(S(=O)(=O)c1ccc(Cl)cc1)CC2. The van der Waals surface area contributed by atoms with E-state index in [-0.39, 0.29) is 23.7 Å². The monoisotopic (exact) mass is 451 g/mol. The predicted octanol–water partition coefficient (Wildman–Crippen LogP) is 3.62. The lowest BCUT2D eigenvalue weighted by atomic mass is 10.1. The molecule has 3 aromatic rings. The van der Waals surface area contributed by atoms with Gasteiger partial charge in [0.1, 0.15) is 0 Å². The summed E-state index contributed by atoms with van der Waals surface area (Å²) in [4.78, 5) is 11.9. The van der Waals surface area contributed by atoms with E-state index in [9.17, 15) is 18.3 Å². The molecule has 0 unspecified atom stereocenters. The lowest BCUT2D eigenvalue weighted by Crippen LogP contribution is -2.36. The van der Waals surface area contributed by atoms with Crippen molar-refractivity contribution in [2.45, 2.75) is 17.9 Å². The zero-order chi connectivity index (χ0) is 20.8. The van der Waals surface area contributed by atoms with E-state index in [1.807, 2.05) is 0 Å². The summed E-state index contributed by atoms with van der Waals surface area (Å²) >= 11 is 11.8. The molecule has 1 aromatic heterocycles. The Morgan fingerprint density at radius 1 is 1.00 bits per heavy atom. The Morgan fingerprint density at radius 2 is 1.59 bits per heavy atom. The van der Waals surface area contributed by atoms with Crippen LogP contribution in [0.5, 0.6) is 0 Å². The van der Waals surface area contributed by atoms with Crippen molar-refractivity contribution in [1.29, 1.82) is 0 Å². The number of benzene rings is 2. The molecule has 0 atom stereocenters. The van der Waals surface area contributed by atoms with Gasteiger partial charge in [-0.1, -0.05) is 23.2 Å². The molecule has 0 radical (unpaired) electrons. The fourth-order valence-corrected chi connectivity index (χ4v) is 4.98. The zero-order valence-corrected chi connectivity index (χ0v) is 17.2. The van der Waals surface area contributed by atoms with Crippen LogP contribution in [0.4, 0.5) is 0 Å². The van der Waals surface area contributed by atoms with Gasteiger partial charge in [0.05, 0.1) is 16.3 Å². The Kier molecular flexibility index (Phi) is 5.12. The molecule has 0 saturated carbocycles. The number of fused-ring (bicyclic) bond motifs is 1. The van der Waals surface area contributed by atoms with Crippen molar-refractivity contribution in [3.8, 4) is 5.69 Å². The van der Waals surface area contributed by atoms with E-state index in [0.29, 0.717) is 33.4 Å². The average molecular weight is 452 g/mol. The number of rotatable bonds is 4. The maximum absolute atomic E-state index is 13.0. The second kappa shape index (κ2) is 7.46. The fourth-order valence-electron chi connectivity index (χ4n) is 3.32. The standard InChI is InChI=1S/C19H15Cl2N3O4S/c20-12-1-5-14(6-2-12)24-17-9-10-23(11-16(17)18(22-24)19(25)26)29(27,28)15-7-3-13(21)4-8-15/h1-8H,9-11H2,(H,25,26). The van der Waals surface area contributed by atoms with E-state index in [2.05, 4.69) is 5.10 Å². The van der Waals surface area contributed by atoms with E-state index < -0.39 is 16.0 Å². The lowest BCUT2D eigenvalue weighted by Gasteiger charge is -2.27. The number of aromatic nitrogens is 2. The molecule has 0 aliphatic carbocycles. The Balaban J connectivity index is 1.75. The first kappa shape index (κ1) is 19.9. The first-order valence-corrected chi connectivity index (χ1v) is 10.8. The predicted molar refractivity (Wildman–Crippen MR) is 108 cm³/mol. The number of sulfonamides is 1. The van der Waals surface area contributed by atoms with E-state index in [4.69, 9.17) is 23.2 Å². The van der Waals surface area contributed by atoms with Crippen LogP contribution in [0.3, 0.4) is 0 Å². The molecular weight excluding hydrogens is 437 g/mol. The molecule has 10 heteroatoms. The molecule has 29 heavy (non-hydrogen) atoms. The molecule has 0 spiro atoms. The van der Waals surface area contributed by atoms with Crippen molar-refractivity contribution in [1.82, 2.24) is 14.1 Å². The van der Waals surface area contributed by atoms with Gasteiger partial charge >= 0.3 is 5.97 Å². The van der Waals surface area contributed by atoms with Crippen LogP contribution in [0, 0.1) is 0 Å².